The lowest BCUT2D eigenvalue weighted by Gasteiger charge is -2.26. The number of halogens is 1. The van der Waals surface area contributed by atoms with Crippen LogP contribution in [0.5, 0.6) is 5.75 Å². The molecule has 0 heterocycles. The van der Waals surface area contributed by atoms with E-state index in [1.165, 1.54) is 44.9 Å². The van der Waals surface area contributed by atoms with Gasteiger partial charge in [0.25, 0.3) is 0 Å². The smallest absolute Gasteiger partial charge is 0.120 e. The van der Waals surface area contributed by atoms with E-state index in [9.17, 15) is 0 Å². The zero-order valence-electron chi connectivity index (χ0n) is 11.7. The molecule has 1 saturated carbocycles. The second-order valence-corrected chi connectivity index (χ2v) is 5.93. The summed E-state index contributed by atoms with van der Waals surface area (Å²) in [5.41, 5.74) is 7.52. The zero-order valence-corrected chi connectivity index (χ0v) is 12.5. The molecule has 2 nitrogen and oxygen atoms in total. The van der Waals surface area contributed by atoms with E-state index in [1.807, 2.05) is 18.2 Å². The highest BCUT2D eigenvalue weighted by Gasteiger charge is 2.22. The molecule has 1 unspecified atom stereocenters. The number of methoxy groups -OCH3 is 1. The molecule has 19 heavy (non-hydrogen) atoms. The van der Waals surface area contributed by atoms with Gasteiger partial charge in [-0.25, -0.2) is 0 Å². The molecule has 1 aliphatic rings. The number of ether oxygens (including phenoxy) is 1. The van der Waals surface area contributed by atoms with Gasteiger partial charge in [0.05, 0.1) is 7.11 Å². The van der Waals surface area contributed by atoms with E-state index in [2.05, 4.69) is 0 Å². The van der Waals surface area contributed by atoms with Gasteiger partial charge in [-0.05, 0) is 36.5 Å². The zero-order chi connectivity index (χ0) is 13.7. The fourth-order valence-electron chi connectivity index (χ4n) is 3.01. The number of rotatable bonds is 3. The van der Waals surface area contributed by atoms with Crippen molar-refractivity contribution in [2.45, 2.75) is 51.0 Å². The van der Waals surface area contributed by atoms with Gasteiger partial charge in [-0.2, -0.15) is 0 Å². The third-order valence-electron chi connectivity index (χ3n) is 4.22. The minimum absolute atomic E-state index is 0.0523. The van der Waals surface area contributed by atoms with Crippen LogP contribution in [-0.2, 0) is 0 Å². The molecular weight excluding hydrogens is 258 g/mol. The molecular formula is C16H24ClNO. The molecule has 0 radical (unpaired) electrons. The van der Waals surface area contributed by atoms with Gasteiger partial charge in [0.15, 0.2) is 0 Å². The fraction of sp³-hybridized carbons (Fsp3) is 0.625. The normalized spacial score (nSPS) is 19.5. The average Bonchev–Trinajstić information content (AvgIpc) is 2.37. The maximum Gasteiger partial charge on any atom is 0.120 e. The van der Waals surface area contributed by atoms with Gasteiger partial charge in [0, 0.05) is 11.1 Å². The second kappa shape index (κ2) is 7.16. The third kappa shape index (κ3) is 3.87. The highest BCUT2D eigenvalue weighted by atomic mass is 35.5. The van der Waals surface area contributed by atoms with Crippen LogP contribution in [0.2, 0.25) is 5.02 Å². The Morgan fingerprint density at radius 2 is 1.79 bits per heavy atom. The molecule has 1 fully saturated rings. The van der Waals surface area contributed by atoms with Crippen LogP contribution in [0.3, 0.4) is 0 Å². The summed E-state index contributed by atoms with van der Waals surface area (Å²) >= 11 is 6.34. The molecule has 1 aliphatic carbocycles. The summed E-state index contributed by atoms with van der Waals surface area (Å²) in [6.45, 7) is 0. The van der Waals surface area contributed by atoms with Crippen LogP contribution in [0.1, 0.15) is 56.6 Å². The minimum Gasteiger partial charge on any atom is -0.497 e. The lowest BCUT2D eigenvalue weighted by molar-refractivity contribution is 0.327. The van der Waals surface area contributed by atoms with E-state index in [1.54, 1.807) is 7.11 Å². The largest absolute Gasteiger partial charge is 0.497 e. The van der Waals surface area contributed by atoms with Crippen molar-refractivity contribution in [2.24, 2.45) is 11.7 Å². The van der Waals surface area contributed by atoms with Gasteiger partial charge in [0.2, 0.25) is 0 Å². The first-order chi connectivity index (χ1) is 9.22. The molecule has 106 valence electrons. The highest BCUT2D eigenvalue weighted by Crippen LogP contribution is 2.35. The molecule has 1 aromatic rings. The maximum absolute atomic E-state index is 6.46. The molecule has 0 aromatic heterocycles. The predicted octanol–water partition coefficient (Wildman–Crippen LogP) is 4.71. The molecule has 1 atom stereocenters. The molecule has 1 aromatic carbocycles. The van der Waals surface area contributed by atoms with Crippen molar-refractivity contribution < 1.29 is 4.74 Å². The molecule has 0 bridgehead atoms. The van der Waals surface area contributed by atoms with E-state index < -0.39 is 0 Å². The van der Waals surface area contributed by atoms with Crippen LogP contribution in [0, 0.1) is 5.92 Å². The third-order valence-corrected chi connectivity index (χ3v) is 4.55. The van der Waals surface area contributed by atoms with Crippen molar-refractivity contribution in [3.63, 3.8) is 0 Å². The SMILES string of the molecule is COc1ccc(C(N)C2CCCCCCC2)c(Cl)c1. The molecule has 2 rings (SSSR count). The van der Waals surface area contributed by atoms with Crippen LogP contribution < -0.4 is 10.5 Å². The number of hydrogen-bond donors (Lipinski definition) is 1. The lowest BCUT2D eigenvalue weighted by atomic mass is 9.83. The molecule has 3 heteroatoms. The van der Waals surface area contributed by atoms with Gasteiger partial charge < -0.3 is 10.5 Å². The van der Waals surface area contributed by atoms with Crippen LogP contribution in [-0.4, -0.2) is 7.11 Å². The summed E-state index contributed by atoms with van der Waals surface area (Å²) in [5, 5.41) is 0.730. The molecule has 2 N–H and O–H groups in total. The van der Waals surface area contributed by atoms with Gasteiger partial charge in [-0.1, -0.05) is 49.8 Å². The summed E-state index contributed by atoms with van der Waals surface area (Å²) in [4.78, 5) is 0. The van der Waals surface area contributed by atoms with E-state index in [4.69, 9.17) is 22.1 Å². The molecule has 0 spiro atoms. The Kier molecular flexibility index (Phi) is 5.53. The van der Waals surface area contributed by atoms with Crippen molar-refractivity contribution in [3.8, 4) is 5.75 Å². The van der Waals surface area contributed by atoms with Crippen molar-refractivity contribution in [1.82, 2.24) is 0 Å². The van der Waals surface area contributed by atoms with Crippen molar-refractivity contribution in [3.05, 3.63) is 28.8 Å². The lowest BCUT2D eigenvalue weighted by Crippen LogP contribution is -2.22. The van der Waals surface area contributed by atoms with Crippen LogP contribution >= 0.6 is 11.6 Å². The summed E-state index contributed by atoms with van der Waals surface area (Å²) < 4.78 is 5.19. The quantitative estimate of drug-likeness (QED) is 0.871. The Morgan fingerprint density at radius 3 is 2.37 bits per heavy atom. The Balaban J connectivity index is 2.10. The monoisotopic (exact) mass is 281 g/mol. The van der Waals surface area contributed by atoms with Crippen molar-refractivity contribution in [1.29, 1.82) is 0 Å². The average molecular weight is 282 g/mol. The van der Waals surface area contributed by atoms with Crippen LogP contribution in [0.25, 0.3) is 0 Å². The number of hydrogen-bond acceptors (Lipinski definition) is 2. The van der Waals surface area contributed by atoms with Gasteiger partial charge in [-0.3, -0.25) is 0 Å². The Labute approximate surface area is 121 Å². The van der Waals surface area contributed by atoms with E-state index in [0.29, 0.717) is 5.92 Å². The van der Waals surface area contributed by atoms with E-state index in [-0.39, 0.29) is 6.04 Å². The number of nitrogens with two attached hydrogens (primary N) is 1. The summed E-state index contributed by atoms with van der Waals surface area (Å²) in [7, 11) is 1.65. The van der Waals surface area contributed by atoms with Crippen molar-refractivity contribution >= 4 is 11.6 Å². The first kappa shape index (κ1) is 14.7. The van der Waals surface area contributed by atoms with Gasteiger partial charge >= 0.3 is 0 Å². The van der Waals surface area contributed by atoms with Gasteiger partial charge in [0.1, 0.15) is 5.75 Å². The van der Waals surface area contributed by atoms with Gasteiger partial charge in [-0.15, -0.1) is 0 Å². The highest BCUT2D eigenvalue weighted by molar-refractivity contribution is 6.31. The fourth-order valence-corrected chi connectivity index (χ4v) is 3.30. The predicted molar refractivity (Wildman–Crippen MR) is 80.7 cm³/mol. The molecule has 0 aliphatic heterocycles. The first-order valence-corrected chi connectivity index (χ1v) is 7.69. The first-order valence-electron chi connectivity index (χ1n) is 7.31. The summed E-state index contributed by atoms with van der Waals surface area (Å²) in [6, 6.07) is 5.88. The molecule has 0 amide bonds. The minimum atomic E-state index is 0.0523. The van der Waals surface area contributed by atoms with E-state index in [0.717, 1.165) is 16.3 Å². The Bertz CT molecular complexity index is 400. The maximum atomic E-state index is 6.46. The summed E-state index contributed by atoms with van der Waals surface area (Å²) in [6.07, 6.45) is 9.12. The topological polar surface area (TPSA) is 35.2 Å². The second-order valence-electron chi connectivity index (χ2n) is 5.52. The Hall–Kier alpha value is -0.730. The standard InChI is InChI=1S/C16H24ClNO/c1-19-13-9-10-14(15(17)11-13)16(18)12-7-5-3-2-4-6-8-12/h9-12,16H,2-8,18H2,1H3. The summed E-state index contributed by atoms with van der Waals surface area (Å²) in [5.74, 6) is 1.35. The van der Waals surface area contributed by atoms with Crippen molar-refractivity contribution in [2.75, 3.05) is 7.11 Å². The molecule has 0 saturated heterocycles. The van der Waals surface area contributed by atoms with E-state index >= 15 is 0 Å². The van der Waals surface area contributed by atoms with Crippen LogP contribution in [0.4, 0.5) is 0 Å². The number of benzene rings is 1. The van der Waals surface area contributed by atoms with Crippen LogP contribution in [0.15, 0.2) is 18.2 Å². The Morgan fingerprint density at radius 1 is 1.16 bits per heavy atom.